The second-order valence-electron chi connectivity index (χ2n) is 4.95. The summed E-state index contributed by atoms with van der Waals surface area (Å²) in [6, 6.07) is 2.40. The van der Waals surface area contributed by atoms with Gasteiger partial charge in [-0.3, -0.25) is 0 Å². The molecule has 4 heteroatoms. The predicted octanol–water partition coefficient (Wildman–Crippen LogP) is 4.14. The fraction of sp³-hybridized carbons (Fsp3) is 0.692. The van der Waals surface area contributed by atoms with E-state index in [2.05, 4.69) is 23.7 Å². The lowest BCUT2D eigenvalue weighted by Gasteiger charge is -2.33. The summed E-state index contributed by atoms with van der Waals surface area (Å²) in [6.45, 7) is 2.08. The Balaban J connectivity index is 2.05. The molecule has 1 saturated carbocycles. The molecular weight excluding hydrogens is 240 g/mol. The van der Waals surface area contributed by atoms with Crippen molar-refractivity contribution in [3.05, 3.63) is 21.9 Å². The average Bonchev–Trinajstić information content (AvgIpc) is 2.68. The van der Waals surface area contributed by atoms with E-state index in [4.69, 9.17) is 0 Å². The lowest BCUT2D eigenvalue weighted by atomic mass is 9.80. The Bertz CT molecular complexity index is 365. The molecule has 0 bridgehead atoms. The van der Waals surface area contributed by atoms with Crippen LogP contribution in [0.25, 0.3) is 0 Å². The number of aryl methyl sites for hydroxylation is 1. The molecule has 1 aromatic heterocycles. The summed E-state index contributed by atoms with van der Waals surface area (Å²) in [6.07, 6.45) is 1.32. The first-order valence-electron chi connectivity index (χ1n) is 6.12. The largest absolute Gasteiger partial charge is 0.313 e. The van der Waals surface area contributed by atoms with Gasteiger partial charge >= 0.3 is 0 Å². The van der Waals surface area contributed by atoms with Gasteiger partial charge in [0.2, 0.25) is 5.92 Å². The minimum absolute atomic E-state index is 0.0406. The lowest BCUT2D eigenvalue weighted by Crippen LogP contribution is -2.32. The normalized spacial score (nSPS) is 22.6. The molecule has 2 rings (SSSR count). The minimum atomic E-state index is -2.43. The van der Waals surface area contributed by atoms with E-state index in [1.165, 1.54) is 10.4 Å². The van der Waals surface area contributed by atoms with E-state index in [1.807, 2.05) is 7.05 Å². The molecule has 0 aromatic carbocycles. The minimum Gasteiger partial charge on any atom is -0.313 e. The Kier molecular flexibility index (Phi) is 3.83. The van der Waals surface area contributed by atoms with Crippen LogP contribution in [-0.4, -0.2) is 13.0 Å². The van der Waals surface area contributed by atoms with Crippen molar-refractivity contribution in [1.29, 1.82) is 0 Å². The van der Waals surface area contributed by atoms with Crippen LogP contribution in [0, 0.1) is 12.8 Å². The summed E-state index contributed by atoms with van der Waals surface area (Å²) < 4.78 is 26.3. The number of hydrogen-bond donors (Lipinski definition) is 1. The topological polar surface area (TPSA) is 12.0 Å². The highest BCUT2D eigenvalue weighted by Crippen LogP contribution is 2.41. The number of halogens is 2. The van der Waals surface area contributed by atoms with Crippen molar-refractivity contribution in [2.24, 2.45) is 5.92 Å². The number of rotatable bonds is 3. The molecule has 1 heterocycles. The number of thiophene rings is 1. The molecule has 1 fully saturated rings. The highest BCUT2D eigenvalue weighted by atomic mass is 32.1. The molecule has 1 aliphatic rings. The summed E-state index contributed by atoms with van der Waals surface area (Å²) >= 11 is 1.72. The Morgan fingerprint density at radius 1 is 1.41 bits per heavy atom. The van der Waals surface area contributed by atoms with Gasteiger partial charge in [-0.15, -0.1) is 11.3 Å². The smallest absolute Gasteiger partial charge is 0.248 e. The van der Waals surface area contributed by atoms with Crippen LogP contribution in [0.5, 0.6) is 0 Å². The SMILES string of the molecule is CNC(c1csc(C)c1)C1CCC(F)(F)CC1. The summed E-state index contributed by atoms with van der Waals surface area (Å²) in [5, 5.41) is 5.43. The van der Waals surface area contributed by atoms with E-state index >= 15 is 0 Å². The molecule has 0 aliphatic heterocycles. The molecule has 0 amide bonds. The fourth-order valence-electron chi connectivity index (χ4n) is 2.70. The maximum atomic E-state index is 13.1. The molecule has 1 aliphatic carbocycles. The van der Waals surface area contributed by atoms with Crippen molar-refractivity contribution in [3.63, 3.8) is 0 Å². The number of hydrogen-bond acceptors (Lipinski definition) is 2. The van der Waals surface area contributed by atoms with Crippen LogP contribution < -0.4 is 5.32 Å². The Morgan fingerprint density at radius 3 is 2.53 bits per heavy atom. The summed E-state index contributed by atoms with van der Waals surface area (Å²) in [5.41, 5.74) is 1.25. The second kappa shape index (κ2) is 5.02. The van der Waals surface area contributed by atoms with Crippen LogP contribution in [0.1, 0.15) is 42.2 Å². The van der Waals surface area contributed by atoms with Gasteiger partial charge in [-0.2, -0.15) is 0 Å². The van der Waals surface area contributed by atoms with Crippen molar-refractivity contribution in [3.8, 4) is 0 Å². The molecule has 0 spiro atoms. The van der Waals surface area contributed by atoms with Gasteiger partial charge in [0.15, 0.2) is 0 Å². The summed E-state index contributed by atoms with van der Waals surface area (Å²) in [4.78, 5) is 1.28. The summed E-state index contributed by atoms with van der Waals surface area (Å²) in [7, 11) is 1.92. The second-order valence-corrected chi connectivity index (χ2v) is 6.07. The molecule has 1 nitrogen and oxygen atoms in total. The molecule has 1 unspecified atom stereocenters. The van der Waals surface area contributed by atoms with Crippen LogP contribution in [-0.2, 0) is 0 Å². The highest BCUT2D eigenvalue weighted by Gasteiger charge is 2.37. The first kappa shape index (κ1) is 13.0. The zero-order valence-electron chi connectivity index (χ0n) is 10.3. The molecule has 1 aromatic rings. The van der Waals surface area contributed by atoms with Gasteiger partial charge in [-0.25, -0.2) is 8.78 Å². The first-order valence-corrected chi connectivity index (χ1v) is 7.00. The van der Waals surface area contributed by atoms with Crippen LogP contribution >= 0.6 is 11.3 Å². The third-order valence-electron chi connectivity index (χ3n) is 3.65. The van der Waals surface area contributed by atoms with Gasteiger partial charge in [0.1, 0.15) is 0 Å². The van der Waals surface area contributed by atoms with Gasteiger partial charge in [0.05, 0.1) is 0 Å². The van der Waals surface area contributed by atoms with E-state index < -0.39 is 5.92 Å². The third kappa shape index (κ3) is 3.05. The van der Waals surface area contributed by atoms with Crippen molar-refractivity contribution < 1.29 is 8.78 Å². The Morgan fingerprint density at radius 2 is 2.06 bits per heavy atom. The number of nitrogens with one attached hydrogen (secondary N) is 1. The molecule has 1 atom stereocenters. The van der Waals surface area contributed by atoms with E-state index in [0.29, 0.717) is 18.8 Å². The van der Waals surface area contributed by atoms with Crippen LogP contribution in [0.2, 0.25) is 0 Å². The van der Waals surface area contributed by atoms with Crippen LogP contribution in [0.4, 0.5) is 8.78 Å². The Labute approximate surface area is 105 Å². The maximum absolute atomic E-state index is 13.1. The monoisotopic (exact) mass is 259 g/mol. The maximum Gasteiger partial charge on any atom is 0.248 e. The fourth-order valence-corrected chi connectivity index (χ4v) is 3.44. The van der Waals surface area contributed by atoms with Gasteiger partial charge in [0, 0.05) is 23.8 Å². The molecule has 0 radical (unpaired) electrons. The average molecular weight is 259 g/mol. The standard InChI is InChI=1S/C13H19F2NS/c1-9-7-11(8-17-9)12(16-2)10-3-5-13(14,15)6-4-10/h7-8,10,12,16H,3-6H2,1-2H3. The molecular formula is C13H19F2NS. The lowest BCUT2D eigenvalue weighted by molar-refractivity contribution is -0.0495. The molecule has 0 saturated heterocycles. The first-order chi connectivity index (χ1) is 8.02. The zero-order valence-corrected chi connectivity index (χ0v) is 11.1. The molecule has 17 heavy (non-hydrogen) atoms. The van der Waals surface area contributed by atoms with E-state index in [-0.39, 0.29) is 18.9 Å². The van der Waals surface area contributed by atoms with Gasteiger partial charge in [-0.05, 0) is 49.7 Å². The quantitative estimate of drug-likeness (QED) is 0.860. The van der Waals surface area contributed by atoms with E-state index in [0.717, 1.165) is 0 Å². The third-order valence-corrected chi connectivity index (χ3v) is 4.53. The molecule has 1 N–H and O–H groups in total. The Hall–Kier alpha value is -0.480. The van der Waals surface area contributed by atoms with Crippen molar-refractivity contribution in [2.45, 2.75) is 44.6 Å². The number of alkyl halides is 2. The van der Waals surface area contributed by atoms with Crippen LogP contribution in [0.15, 0.2) is 11.4 Å². The van der Waals surface area contributed by atoms with E-state index in [9.17, 15) is 8.78 Å². The van der Waals surface area contributed by atoms with Crippen molar-refractivity contribution in [2.75, 3.05) is 7.05 Å². The highest BCUT2D eigenvalue weighted by molar-refractivity contribution is 7.10. The van der Waals surface area contributed by atoms with Crippen molar-refractivity contribution in [1.82, 2.24) is 5.32 Å². The predicted molar refractivity (Wildman–Crippen MR) is 67.8 cm³/mol. The zero-order chi connectivity index (χ0) is 12.5. The van der Waals surface area contributed by atoms with Crippen molar-refractivity contribution >= 4 is 11.3 Å². The van der Waals surface area contributed by atoms with Gasteiger partial charge in [0.25, 0.3) is 0 Å². The van der Waals surface area contributed by atoms with Gasteiger partial charge in [-0.1, -0.05) is 0 Å². The molecule has 96 valence electrons. The van der Waals surface area contributed by atoms with Crippen LogP contribution in [0.3, 0.4) is 0 Å². The van der Waals surface area contributed by atoms with Gasteiger partial charge < -0.3 is 5.32 Å². The van der Waals surface area contributed by atoms with E-state index in [1.54, 1.807) is 11.3 Å². The summed E-state index contributed by atoms with van der Waals surface area (Å²) in [5.74, 6) is -2.09.